The first-order valence-electron chi connectivity index (χ1n) is 11.5. The van der Waals surface area contributed by atoms with Crippen LogP contribution < -0.4 is 15.4 Å². The zero-order chi connectivity index (χ0) is 22.9. The molecule has 0 amide bonds. The fourth-order valence-electron chi connectivity index (χ4n) is 3.70. The third kappa shape index (κ3) is 6.32. The number of aromatic nitrogens is 3. The van der Waals surface area contributed by atoms with Gasteiger partial charge in [-0.3, -0.25) is 4.57 Å². The molecule has 0 aliphatic carbocycles. The van der Waals surface area contributed by atoms with Gasteiger partial charge in [0, 0.05) is 30.3 Å². The number of nitrogens with zero attached hydrogens (tertiary/aromatic N) is 4. The van der Waals surface area contributed by atoms with Crippen molar-refractivity contribution in [1.29, 1.82) is 0 Å². The van der Waals surface area contributed by atoms with Crippen molar-refractivity contribution in [3.63, 3.8) is 0 Å². The first-order valence-corrected chi connectivity index (χ1v) is 11.5. The highest BCUT2D eigenvalue weighted by Gasteiger charge is 2.17. The van der Waals surface area contributed by atoms with E-state index in [-0.39, 0.29) is 0 Å². The van der Waals surface area contributed by atoms with E-state index in [4.69, 9.17) is 14.5 Å². The number of hydrogen-bond donors (Lipinski definition) is 2. The first kappa shape index (κ1) is 22.8. The van der Waals surface area contributed by atoms with Crippen LogP contribution in [-0.2, 0) is 17.8 Å². The fourth-order valence-corrected chi connectivity index (χ4v) is 3.70. The Bertz CT molecular complexity index is 1040. The van der Waals surface area contributed by atoms with Gasteiger partial charge in [0.1, 0.15) is 12.1 Å². The lowest BCUT2D eigenvalue weighted by molar-refractivity contribution is 0.166. The predicted octanol–water partition coefficient (Wildman–Crippen LogP) is 3.25. The van der Waals surface area contributed by atoms with Crippen molar-refractivity contribution >= 4 is 5.96 Å². The maximum absolute atomic E-state index is 6.17. The summed E-state index contributed by atoms with van der Waals surface area (Å²) < 4.78 is 13.6. The minimum atomic E-state index is 0.461. The van der Waals surface area contributed by atoms with E-state index in [1.807, 2.05) is 41.8 Å². The van der Waals surface area contributed by atoms with Crippen LogP contribution in [0, 0.1) is 12.8 Å². The molecule has 8 heteroatoms. The van der Waals surface area contributed by atoms with Gasteiger partial charge in [0.05, 0.1) is 26.3 Å². The molecule has 1 atom stereocenters. The number of rotatable bonds is 9. The summed E-state index contributed by atoms with van der Waals surface area (Å²) in [7, 11) is 0. The third-order valence-electron chi connectivity index (χ3n) is 5.54. The van der Waals surface area contributed by atoms with Gasteiger partial charge >= 0.3 is 0 Å². The van der Waals surface area contributed by atoms with Crippen LogP contribution in [0.2, 0.25) is 0 Å². The Labute approximate surface area is 195 Å². The molecule has 2 aromatic carbocycles. The molecule has 1 aliphatic heterocycles. The zero-order valence-electron chi connectivity index (χ0n) is 19.3. The van der Waals surface area contributed by atoms with Crippen LogP contribution in [0.1, 0.15) is 30.3 Å². The molecule has 3 aromatic rings. The number of nitrogens with one attached hydrogen (secondary N) is 2. The van der Waals surface area contributed by atoms with E-state index in [2.05, 4.69) is 46.0 Å². The van der Waals surface area contributed by atoms with Gasteiger partial charge in [-0.2, -0.15) is 0 Å². The Kier molecular flexibility index (Phi) is 7.92. The zero-order valence-corrected chi connectivity index (χ0v) is 19.3. The van der Waals surface area contributed by atoms with Gasteiger partial charge in [-0.25, -0.2) is 4.99 Å². The smallest absolute Gasteiger partial charge is 0.191 e. The molecule has 1 aliphatic rings. The molecule has 1 unspecified atom stereocenters. The van der Waals surface area contributed by atoms with Crippen LogP contribution in [0.5, 0.6) is 5.75 Å². The predicted molar refractivity (Wildman–Crippen MR) is 129 cm³/mol. The van der Waals surface area contributed by atoms with Gasteiger partial charge in [0.25, 0.3) is 0 Å². The SMILES string of the molecule is CCNC(=NCc1ccc(C)cc1OCC1CCOC1)NCc1nncn1-c1ccccc1. The Balaban J connectivity index is 1.42. The second kappa shape index (κ2) is 11.5. The number of guanidine groups is 1. The Hall–Kier alpha value is -3.39. The van der Waals surface area contributed by atoms with Gasteiger partial charge in [-0.15, -0.1) is 10.2 Å². The molecule has 8 nitrogen and oxygen atoms in total. The summed E-state index contributed by atoms with van der Waals surface area (Å²) in [5.74, 6) is 2.88. The number of aliphatic imine (C=N–C) groups is 1. The molecule has 4 rings (SSSR count). The van der Waals surface area contributed by atoms with E-state index in [9.17, 15) is 0 Å². The van der Waals surface area contributed by atoms with E-state index < -0.39 is 0 Å². The third-order valence-corrected chi connectivity index (χ3v) is 5.54. The van der Waals surface area contributed by atoms with Crippen LogP contribution in [0.3, 0.4) is 0 Å². The maximum atomic E-state index is 6.17. The first-order chi connectivity index (χ1) is 16.2. The van der Waals surface area contributed by atoms with Crippen molar-refractivity contribution in [2.45, 2.75) is 33.4 Å². The van der Waals surface area contributed by atoms with Crippen molar-refractivity contribution in [2.24, 2.45) is 10.9 Å². The average Bonchev–Trinajstić information content (AvgIpc) is 3.53. The van der Waals surface area contributed by atoms with Crippen LogP contribution in [0.25, 0.3) is 5.69 Å². The average molecular weight is 449 g/mol. The van der Waals surface area contributed by atoms with E-state index in [1.165, 1.54) is 5.56 Å². The lowest BCUT2D eigenvalue weighted by atomic mass is 10.1. The quantitative estimate of drug-likeness (QED) is 0.386. The molecule has 1 saturated heterocycles. The Morgan fingerprint density at radius 3 is 2.88 bits per heavy atom. The molecule has 0 saturated carbocycles. The van der Waals surface area contributed by atoms with E-state index >= 15 is 0 Å². The minimum Gasteiger partial charge on any atom is -0.493 e. The monoisotopic (exact) mass is 448 g/mol. The van der Waals surface area contributed by atoms with Crippen molar-refractivity contribution < 1.29 is 9.47 Å². The van der Waals surface area contributed by atoms with Crippen LogP contribution in [-0.4, -0.2) is 47.1 Å². The van der Waals surface area contributed by atoms with Gasteiger partial charge in [0.2, 0.25) is 0 Å². The summed E-state index contributed by atoms with van der Waals surface area (Å²) in [5, 5.41) is 15.0. The molecule has 2 heterocycles. The highest BCUT2D eigenvalue weighted by Crippen LogP contribution is 2.23. The molecule has 1 aromatic heterocycles. The van der Waals surface area contributed by atoms with Gasteiger partial charge in [0.15, 0.2) is 11.8 Å². The molecule has 1 fully saturated rings. The Morgan fingerprint density at radius 1 is 1.21 bits per heavy atom. The molecule has 174 valence electrons. The van der Waals surface area contributed by atoms with Gasteiger partial charge < -0.3 is 20.1 Å². The second-order valence-electron chi connectivity index (χ2n) is 8.15. The second-order valence-corrected chi connectivity index (χ2v) is 8.15. The van der Waals surface area contributed by atoms with Crippen LogP contribution >= 0.6 is 0 Å². The van der Waals surface area contributed by atoms with Gasteiger partial charge in [-0.1, -0.05) is 30.3 Å². The van der Waals surface area contributed by atoms with Crippen molar-refractivity contribution in [1.82, 2.24) is 25.4 Å². The fraction of sp³-hybridized carbons (Fsp3) is 0.400. The standard InChI is InChI=1S/C25H32N6O2/c1-3-26-25(28-15-24-30-29-18-31(24)22-7-5-4-6-8-22)27-14-21-10-9-19(2)13-23(21)33-17-20-11-12-32-16-20/h4-10,13,18,20H,3,11-12,14-17H2,1-2H3,(H2,26,27,28). The molecular weight excluding hydrogens is 416 g/mol. The summed E-state index contributed by atoms with van der Waals surface area (Å²) in [6.07, 6.45) is 2.78. The highest BCUT2D eigenvalue weighted by atomic mass is 16.5. The molecule has 0 spiro atoms. The summed E-state index contributed by atoms with van der Waals surface area (Å²) in [4.78, 5) is 4.79. The van der Waals surface area contributed by atoms with Gasteiger partial charge in [-0.05, 0) is 44.0 Å². The number of hydrogen-bond acceptors (Lipinski definition) is 5. The summed E-state index contributed by atoms with van der Waals surface area (Å²) in [6, 6.07) is 16.3. The summed E-state index contributed by atoms with van der Waals surface area (Å²) in [5.41, 5.74) is 3.25. The molecule has 2 N–H and O–H groups in total. The summed E-state index contributed by atoms with van der Waals surface area (Å²) >= 11 is 0. The molecular formula is C25H32N6O2. The number of aryl methyl sites for hydroxylation is 1. The summed E-state index contributed by atoms with van der Waals surface area (Å²) in [6.45, 7) is 8.18. The van der Waals surface area contributed by atoms with Crippen LogP contribution in [0.4, 0.5) is 0 Å². The van der Waals surface area contributed by atoms with E-state index in [0.717, 1.165) is 55.0 Å². The lowest BCUT2D eigenvalue weighted by Gasteiger charge is -2.15. The van der Waals surface area contributed by atoms with E-state index in [0.29, 0.717) is 25.6 Å². The van der Waals surface area contributed by atoms with Crippen LogP contribution in [0.15, 0.2) is 59.9 Å². The lowest BCUT2D eigenvalue weighted by Crippen LogP contribution is -2.37. The molecule has 33 heavy (non-hydrogen) atoms. The van der Waals surface area contributed by atoms with E-state index in [1.54, 1.807) is 6.33 Å². The minimum absolute atomic E-state index is 0.461. The number of para-hydroxylation sites is 1. The maximum Gasteiger partial charge on any atom is 0.191 e. The Morgan fingerprint density at radius 2 is 2.09 bits per heavy atom. The highest BCUT2D eigenvalue weighted by molar-refractivity contribution is 5.79. The normalized spacial score (nSPS) is 16.1. The van der Waals surface area contributed by atoms with Crippen molar-refractivity contribution in [3.05, 3.63) is 71.8 Å². The largest absolute Gasteiger partial charge is 0.493 e. The van der Waals surface area contributed by atoms with Crippen molar-refractivity contribution in [2.75, 3.05) is 26.4 Å². The number of benzene rings is 2. The van der Waals surface area contributed by atoms with Crippen molar-refractivity contribution in [3.8, 4) is 11.4 Å². The number of ether oxygens (including phenoxy) is 2. The topological polar surface area (TPSA) is 85.6 Å². The molecule has 0 radical (unpaired) electrons. The molecule has 0 bridgehead atoms.